The molecular weight excluding hydrogens is 293 g/mol. The fraction of sp³-hybridized carbons (Fsp3) is 0.455. The first-order chi connectivity index (χ1) is 9.74. The lowest BCUT2D eigenvalue weighted by Crippen LogP contribution is -2.26. The van der Waals surface area contributed by atoms with Gasteiger partial charge in [0.2, 0.25) is 0 Å². The third-order valence-corrected chi connectivity index (χ3v) is 2.49. The van der Waals surface area contributed by atoms with E-state index in [1.54, 1.807) is 0 Å². The number of carbonyl (C=O) groups excluding carboxylic acids is 1. The van der Waals surface area contributed by atoms with Crippen molar-refractivity contribution >= 4 is 17.4 Å². The second-order valence-electron chi connectivity index (χ2n) is 4.07. The Morgan fingerprint density at radius 1 is 1.48 bits per heavy atom. The summed E-state index contributed by atoms with van der Waals surface area (Å²) in [5, 5.41) is 15.5. The van der Waals surface area contributed by atoms with E-state index in [0.29, 0.717) is 0 Å². The molecule has 116 valence electrons. The van der Waals surface area contributed by atoms with Gasteiger partial charge >= 0.3 is 6.18 Å². The molecule has 0 saturated heterocycles. The smallest absolute Gasteiger partial charge is 0.372 e. The molecule has 0 aliphatic rings. The second kappa shape index (κ2) is 6.86. The Morgan fingerprint density at radius 2 is 2.14 bits per heavy atom. The highest BCUT2D eigenvalue weighted by atomic mass is 19.4. The number of aromatic nitrogens is 1. The normalized spacial score (nSPS) is 11.0. The van der Waals surface area contributed by atoms with E-state index >= 15 is 0 Å². The quantitative estimate of drug-likeness (QED) is 0.476. The molecule has 1 amide bonds. The summed E-state index contributed by atoms with van der Waals surface area (Å²) in [6, 6.07) is 1.01. The van der Waals surface area contributed by atoms with Crippen molar-refractivity contribution in [2.45, 2.75) is 19.0 Å². The Hall–Kier alpha value is -2.39. The number of hydrogen-bond donors (Lipinski definition) is 2. The molecule has 10 heteroatoms. The molecule has 0 aliphatic heterocycles. The van der Waals surface area contributed by atoms with E-state index in [0.717, 1.165) is 12.3 Å². The van der Waals surface area contributed by atoms with E-state index < -0.39 is 23.4 Å². The molecule has 0 aliphatic carbocycles. The van der Waals surface area contributed by atoms with Gasteiger partial charge in [0.05, 0.1) is 10.5 Å². The zero-order valence-electron chi connectivity index (χ0n) is 11.0. The van der Waals surface area contributed by atoms with Crippen molar-refractivity contribution in [1.82, 2.24) is 10.3 Å². The molecule has 0 bridgehead atoms. The minimum absolute atomic E-state index is 0.0984. The number of amides is 1. The maximum Gasteiger partial charge on any atom is 0.389 e. The number of hydrogen-bond acceptors (Lipinski definition) is 5. The van der Waals surface area contributed by atoms with Crippen molar-refractivity contribution < 1.29 is 22.9 Å². The number of halogens is 3. The largest absolute Gasteiger partial charge is 0.389 e. The number of nitrogens with zero attached hydrogens (tertiary/aromatic N) is 2. The average Bonchev–Trinajstić information content (AvgIpc) is 2.41. The average molecular weight is 306 g/mol. The Balaban J connectivity index is 2.72. The van der Waals surface area contributed by atoms with Gasteiger partial charge in [0, 0.05) is 26.1 Å². The van der Waals surface area contributed by atoms with Crippen LogP contribution in [0.2, 0.25) is 0 Å². The molecular formula is C11H13F3N4O3. The summed E-state index contributed by atoms with van der Waals surface area (Å²) in [7, 11) is 1.47. The molecule has 0 fully saturated rings. The summed E-state index contributed by atoms with van der Waals surface area (Å²) in [6.07, 6.45) is -4.59. The zero-order valence-corrected chi connectivity index (χ0v) is 11.0. The van der Waals surface area contributed by atoms with Gasteiger partial charge in [-0.2, -0.15) is 13.2 Å². The SMILES string of the molecule is CNc1ncc([N+](=O)[O-])cc1C(=O)NCCCC(F)(F)F. The van der Waals surface area contributed by atoms with Crippen LogP contribution in [0.3, 0.4) is 0 Å². The molecule has 1 heterocycles. The van der Waals surface area contributed by atoms with Gasteiger partial charge in [-0.05, 0) is 6.42 Å². The molecule has 0 atom stereocenters. The van der Waals surface area contributed by atoms with Crippen molar-refractivity contribution in [3.8, 4) is 0 Å². The van der Waals surface area contributed by atoms with Crippen LogP contribution in [0.5, 0.6) is 0 Å². The maximum atomic E-state index is 12.0. The molecule has 0 spiro atoms. The van der Waals surface area contributed by atoms with Gasteiger partial charge in [-0.3, -0.25) is 14.9 Å². The van der Waals surface area contributed by atoms with Crippen LogP contribution in [-0.4, -0.2) is 35.6 Å². The van der Waals surface area contributed by atoms with E-state index in [-0.39, 0.29) is 30.0 Å². The van der Waals surface area contributed by atoms with Crippen molar-refractivity contribution in [3.63, 3.8) is 0 Å². The number of anilines is 1. The number of pyridine rings is 1. The van der Waals surface area contributed by atoms with Gasteiger partial charge in [0.25, 0.3) is 11.6 Å². The van der Waals surface area contributed by atoms with Gasteiger partial charge in [-0.25, -0.2) is 4.98 Å². The topological polar surface area (TPSA) is 97.2 Å². The Bertz CT molecular complexity index is 534. The maximum absolute atomic E-state index is 12.0. The van der Waals surface area contributed by atoms with Crippen LogP contribution < -0.4 is 10.6 Å². The van der Waals surface area contributed by atoms with Crippen LogP contribution in [0, 0.1) is 10.1 Å². The van der Waals surface area contributed by atoms with Crippen LogP contribution >= 0.6 is 0 Å². The van der Waals surface area contributed by atoms with Crippen LogP contribution in [-0.2, 0) is 0 Å². The molecule has 2 N–H and O–H groups in total. The Labute approximate surface area is 117 Å². The number of alkyl halides is 3. The third kappa shape index (κ3) is 5.24. The highest BCUT2D eigenvalue weighted by Gasteiger charge is 2.26. The van der Waals surface area contributed by atoms with E-state index in [9.17, 15) is 28.1 Å². The van der Waals surface area contributed by atoms with Crippen LogP contribution in [0.4, 0.5) is 24.7 Å². The van der Waals surface area contributed by atoms with Crippen molar-refractivity contribution in [3.05, 3.63) is 27.9 Å². The molecule has 1 rings (SSSR count). The number of rotatable bonds is 6. The summed E-state index contributed by atoms with van der Waals surface area (Å²) in [4.78, 5) is 25.5. The van der Waals surface area contributed by atoms with Crippen LogP contribution in [0.1, 0.15) is 23.2 Å². The summed E-state index contributed by atoms with van der Waals surface area (Å²) in [5.74, 6) is -0.619. The van der Waals surface area contributed by atoms with Gasteiger partial charge in [-0.1, -0.05) is 0 Å². The molecule has 0 radical (unpaired) electrons. The highest BCUT2D eigenvalue weighted by Crippen LogP contribution is 2.21. The lowest BCUT2D eigenvalue weighted by atomic mass is 10.2. The summed E-state index contributed by atoms with van der Waals surface area (Å²) < 4.78 is 35.9. The molecule has 1 aromatic rings. The molecule has 0 unspecified atom stereocenters. The minimum atomic E-state index is -4.28. The Kier molecular flexibility index (Phi) is 5.44. The molecule has 0 aromatic carbocycles. The van der Waals surface area contributed by atoms with Crippen molar-refractivity contribution in [2.75, 3.05) is 18.9 Å². The number of nitro groups is 1. The Morgan fingerprint density at radius 3 is 2.67 bits per heavy atom. The van der Waals surface area contributed by atoms with Gasteiger partial charge in [-0.15, -0.1) is 0 Å². The summed E-state index contributed by atoms with van der Waals surface area (Å²) in [5.41, 5.74) is -0.479. The molecule has 21 heavy (non-hydrogen) atoms. The predicted octanol–water partition coefficient (Wildman–Crippen LogP) is 2.10. The van der Waals surface area contributed by atoms with Gasteiger partial charge in [0.15, 0.2) is 0 Å². The first kappa shape index (κ1) is 16.7. The first-order valence-corrected chi connectivity index (χ1v) is 5.91. The first-order valence-electron chi connectivity index (χ1n) is 5.91. The lowest BCUT2D eigenvalue weighted by Gasteiger charge is -2.09. The fourth-order valence-corrected chi connectivity index (χ4v) is 1.51. The zero-order chi connectivity index (χ0) is 16.0. The van der Waals surface area contributed by atoms with Crippen molar-refractivity contribution in [1.29, 1.82) is 0 Å². The van der Waals surface area contributed by atoms with Gasteiger partial charge < -0.3 is 10.6 Å². The van der Waals surface area contributed by atoms with E-state index in [4.69, 9.17) is 0 Å². The minimum Gasteiger partial charge on any atom is -0.372 e. The number of carbonyl (C=O) groups is 1. The monoisotopic (exact) mass is 306 g/mol. The van der Waals surface area contributed by atoms with Crippen molar-refractivity contribution in [2.24, 2.45) is 0 Å². The molecule has 7 nitrogen and oxygen atoms in total. The van der Waals surface area contributed by atoms with E-state index in [1.165, 1.54) is 7.05 Å². The van der Waals surface area contributed by atoms with Crippen LogP contribution in [0.15, 0.2) is 12.3 Å². The second-order valence-corrected chi connectivity index (χ2v) is 4.07. The van der Waals surface area contributed by atoms with E-state index in [1.807, 2.05) is 0 Å². The van der Waals surface area contributed by atoms with Gasteiger partial charge in [0.1, 0.15) is 12.0 Å². The molecule has 1 aromatic heterocycles. The summed E-state index contributed by atoms with van der Waals surface area (Å²) >= 11 is 0. The third-order valence-electron chi connectivity index (χ3n) is 2.49. The summed E-state index contributed by atoms with van der Waals surface area (Å²) in [6.45, 7) is -0.190. The lowest BCUT2D eigenvalue weighted by molar-refractivity contribution is -0.385. The fourth-order valence-electron chi connectivity index (χ4n) is 1.51. The number of nitrogens with one attached hydrogen (secondary N) is 2. The predicted molar refractivity (Wildman–Crippen MR) is 68.1 cm³/mol. The van der Waals surface area contributed by atoms with E-state index in [2.05, 4.69) is 15.6 Å². The molecule has 0 saturated carbocycles. The standard InChI is InChI=1S/C11H13F3N4O3/c1-15-9-8(5-7(6-17-9)18(20)21)10(19)16-4-2-3-11(12,13)14/h5-6H,2-4H2,1H3,(H,15,17)(H,16,19). The van der Waals surface area contributed by atoms with Crippen LogP contribution in [0.25, 0.3) is 0 Å². The highest BCUT2D eigenvalue weighted by molar-refractivity contribution is 5.99.